The van der Waals surface area contributed by atoms with E-state index in [1.807, 2.05) is 0 Å². The molecule has 0 spiro atoms. The van der Waals surface area contributed by atoms with Crippen molar-refractivity contribution in [2.45, 2.75) is 0 Å². The molecule has 1 heteroatoms. The second kappa shape index (κ2) is 15.7. The first kappa shape index (κ1) is 39.5. The molecule has 0 unspecified atom stereocenters. The van der Waals surface area contributed by atoms with Gasteiger partial charge in [-0.2, -0.15) is 0 Å². The average molecular weight is 889 g/mol. The van der Waals surface area contributed by atoms with Crippen LogP contribution in [0.1, 0.15) is 0 Å². The van der Waals surface area contributed by atoms with Gasteiger partial charge in [0.15, 0.2) is 8.07 Å². The summed E-state index contributed by atoms with van der Waals surface area (Å²) in [7, 11) is -2.69. The Morgan fingerprint density at radius 3 is 1.03 bits per heavy atom. The molecule has 0 bridgehead atoms. The SMILES string of the molecule is c1ccc([Si](c2ccccc2)(c2ccccc2)c2ccc(-c3cc(-c4cccc(-c5ccc6ccc7cccc8ccc5c6c78)c4)cc(-c4ccc5ccc6cccc7ccc4c5c67)c3)cc2)cc1. The van der Waals surface area contributed by atoms with Crippen molar-refractivity contribution in [3.05, 3.63) is 267 Å². The number of benzene rings is 14. The minimum atomic E-state index is -2.69. The molecule has 0 aliphatic heterocycles. The molecule has 0 aliphatic carbocycles. The van der Waals surface area contributed by atoms with E-state index in [2.05, 4.69) is 267 Å². The third-order valence-electron chi connectivity index (χ3n) is 15.1. The minimum absolute atomic E-state index is 1.19. The van der Waals surface area contributed by atoms with E-state index in [1.54, 1.807) is 0 Å². The summed E-state index contributed by atoms with van der Waals surface area (Å²) in [5, 5.41) is 21.1. The van der Waals surface area contributed by atoms with Crippen LogP contribution in [0.3, 0.4) is 0 Å². The maximum Gasteiger partial charge on any atom is 0.179 e. The van der Waals surface area contributed by atoms with E-state index in [0.29, 0.717) is 0 Å². The molecule has 0 saturated heterocycles. The van der Waals surface area contributed by atoms with Crippen LogP contribution in [0.5, 0.6) is 0 Å². The van der Waals surface area contributed by atoms with Crippen LogP contribution in [0.2, 0.25) is 0 Å². The Labute approximate surface area is 402 Å². The minimum Gasteiger partial charge on any atom is -0.0623 e. The van der Waals surface area contributed by atoms with Crippen LogP contribution < -0.4 is 20.7 Å². The van der Waals surface area contributed by atoms with Gasteiger partial charge < -0.3 is 0 Å². The standard InChI is InChI=1S/C68H44Si/c1-4-19-57(20-5-1)69(58-21-6-2-7-22-58,59-23-8-3-9-24-59)60-35-29-45(30-36-60)54-42-55(44-56(43-54)62-38-32-51-28-26-47-14-11-16-49-34-40-64(62)68(51)66(47)49)52-17-12-18-53(41-52)61-37-31-50-27-25-46-13-10-15-48-33-39-63(61)67(50)65(46)48/h1-44H. The lowest BCUT2D eigenvalue weighted by molar-refractivity contribution is 1.58. The first-order valence-electron chi connectivity index (χ1n) is 24.1. The van der Waals surface area contributed by atoms with Crippen LogP contribution in [-0.4, -0.2) is 8.07 Å². The number of hydrogen-bond donors (Lipinski definition) is 0. The second-order valence-electron chi connectivity index (χ2n) is 18.7. The molecule has 69 heavy (non-hydrogen) atoms. The molecule has 0 heterocycles. The van der Waals surface area contributed by atoms with Crippen molar-refractivity contribution in [3.63, 3.8) is 0 Å². The Bertz CT molecular complexity index is 4080. The molecule has 14 rings (SSSR count). The fourth-order valence-electron chi connectivity index (χ4n) is 11.9. The molecule has 0 aliphatic rings. The van der Waals surface area contributed by atoms with Crippen molar-refractivity contribution in [2.75, 3.05) is 0 Å². The van der Waals surface area contributed by atoms with E-state index in [-0.39, 0.29) is 0 Å². The average Bonchev–Trinajstić information content (AvgIpc) is 3.43. The first-order chi connectivity index (χ1) is 34.2. The molecule has 0 atom stereocenters. The zero-order valence-corrected chi connectivity index (χ0v) is 38.9. The maximum absolute atomic E-state index is 2.69. The van der Waals surface area contributed by atoms with Gasteiger partial charge in [0.25, 0.3) is 0 Å². The third kappa shape index (κ3) is 6.21. The van der Waals surface area contributed by atoms with Crippen molar-refractivity contribution in [1.82, 2.24) is 0 Å². The zero-order chi connectivity index (χ0) is 45.5. The molecule has 0 N–H and O–H groups in total. The molecular weight excluding hydrogens is 845 g/mol. The van der Waals surface area contributed by atoms with E-state index < -0.39 is 8.07 Å². The summed E-state index contributed by atoms with van der Waals surface area (Å²) in [6, 6.07) is 101. The number of rotatable bonds is 8. The van der Waals surface area contributed by atoms with Crippen molar-refractivity contribution in [1.29, 1.82) is 0 Å². The van der Waals surface area contributed by atoms with Crippen LogP contribution in [0.25, 0.3) is 109 Å². The van der Waals surface area contributed by atoms with Crippen LogP contribution in [0, 0.1) is 0 Å². The highest BCUT2D eigenvalue weighted by Gasteiger charge is 2.41. The Morgan fingerprint density at radius 1 is 0.188 bits per heavy atom. The lowest BCUT2D eigenvalue weighted by atomic mass is 9.87. The van der Waals surface area contributed by atoms with Crippen molar-refractivity contribution < 1.29 is 0 Å². The Balaban J connectivity index is 0.969. The Hall–Kier alpha value is -8.62. The van der Waals surface area contributed by atoms with Gasteiger partial charge >= 0.3 is 0 Å². The number of hydrogen-bond acceptors (Lipinski definition) is 0. The monoisotopic (exact) mass is 888 g/mol. The van der Waals surface area contributed by atoms with Gasteiger partial charge in [0.1, 0.15) is 0 Å². The molecule has 0 saturated carbocycles. The van der Waals surface area contributed by atoms with Gasteiger partial charge in [-0.25, -0.2) is 0 Å². The third-order valence-corrected chi connectivity index (χ3v) is 19.9. The van der Waals surface area contributed by atoms with Gasteiger partial charge in [0, 0.05) is 0 Å². The molecule has 14 aromatic carbocycles. The largest absolute Gasteiger partial charge is 0.179 e. The molecule has 0 radical (unpaired) electrons. The Kier molecular flexibility index (Phi) is 9.02. The van der Waals surface area contributed by atoms with Crippen LogP contribution in [0.4, 0.5) is 0 Å². The van der Waals surface area contributed by atoms with Crippen LogP contribution >= 0.6 is 0 Å². The quantitative estimate of drug-likeness (QED) is 0.0810. The first-order valence-corrected chi connectivity index (χ1v) is 26.1. The summed E-state index contributed by atoms with van der Waals surface area (Å²) in [6.45, 7) is 0. The molecular formula is C68H44Si. The summed E-state index contributed by atoms with van der Waals surface area (Å²) in [6.07, 6.45) is 0. The smallest absolute Gasteiger partial charge is 0.0623 e. The second-order valence-corrected chi connectivity index (χ2v) is 22.6. The van der Waals surface area contributed by atoms with E-state index in [1.165, 1.54) is 130 Å². The Morgan fingerprint density at radius 2 is 0.536 bits per heavy atom. The van der Waals surface area contributed by atoms with Crippen molar-refractivity contribution >= 4 is 93.5 Å². The van der Waals surface area contributed by atoms with E-state index in [0.717, 1.165) is 0 Å². The fourth-order valence-corrected chi connectivity index (χ4v) is 16.7. The molecule has 0 aromatic heterocycles. The molecule has 0 fully saturated rings. The maximum atomic E-state index is 2.42. The predicted molar refractivity (Wildman–Crippen MR) is 299 cm³/mol. The van der Waals surface area contributed by atoms with Crippen molar-refractivity contribution in [3.8, 4) is 44.5 Å². The molecule has 0 nitrogen and oxygen atoms in total. The summed E-state index contributed by atoms with van der Waals surface area (Å²) >= 11 is 0. The van der Waals surface area contributed by atoms with Gasteiger partial charge in [-0.1, -0.05) is 243 Å². The lowest BCUT2D eigenvalue weighted by Gasteiger charge is -2.34. The van der Waals surface area contributed by atoms with Crippen LogP contribution in [0.15, 0.2) is 267 Å². The van der Waals surface area contributed by atoms with Gasteiger partial charge in [0.05, 0.1) is 0 Å². The topological polar surface area (TPSA) is 0 Å². The highest BCUT2D eigenvalue weighted by atomic mass is 28.3. The predicted octanol–water partition coefficient (Wildman–Crippen LogP) is 15.5. The van der Waals surface area contributed by atoms with E-state index in [9.17, 15) is 0 Å². The van der Waals surface area contributed by atoms with Gasteiger partial charge in [0.2, 0.25) is 0 Å². The van der Waals surface area contributed by atoms with Crippen LogP contribution in [-0.2, 0) is 0 Å². The van der Waals surface area contributed by atoms with E-state index in [4.69, 9.17) is 0 Å². The lowest BCUT2D eigenvalue weighted by Crippen LogP contribution is -2.74. The van der Waals surface area contributed by atoms with Gasteiger partial charge in [-0.15, -0.1) is 0 Å². The summed E-state index contributed by atoms with van der Waals surface area (Å²) in [5.74, 6) is 0. The highest BCUT2D eigenvalue weighted by Crippen LogP contribution is 2.43. The molecule has 0 amide bonds. The summed E-state index contributed by atoms with van der Waals surface area (Å²) in [4.78, 5) is 0. The summed E-state index contributed by atoms with van der Waals surface area (Å²) < 4.78 is 0. The summed E-state index contributed by atoms with van der Waals surface area (Å²) in [5.41, 5.74) is 9.69. The molecule has 14 aromatic rings. The fraction of sp³-hybridized carbons (Fsp3) is 0. The normalized spacial score (nSPS) is 12.1. The zero-order valence-electron chi connectivity index (χ0n) is 37.9. The van der Waals surface area contributed by atoms with E-state index >= 15 is 0 Å². The highest BCUT2D eigenvalue weighted by molar-refractivity contribution is 7.19. The van der Waals surface area contributed by atoms with Gasteiger partial charge in [-0.3, -0.25) is 0 Å². The van der Waals surface area contributed by atoms with Crippen molar-refractivity contribution in [2.24, 2.45) is 0 Å². The van der Waals surface area contributed by atoms with Gasteiger partial charge in [-0.05, 0) is 154 Å². The molecule has 320 valence electrons.